The van der Waals surface area contributed by atoms with E-state index in [1.807, 2.05) is 0 Å². The monoisotopic (exact) mass is 192 g/mol. The zero-order valence-corrected chi connectivity index (χ0v) is 8.33. The van der Waals surface area contributed by atoms with E-state index in [0.717, 1.165) is 25.7 Å². The van der Waals surface area contributed by atoms with E-state index in [1.54, 1.807) is 0 Å². The van der Waals surface area contributed by atoms with Gasteiger partial charge in [0.05, 0.1) is 11.5 Å². The molecule has 14 heavy (non-hydrogen) atoms. The van der Waals surface area contributed by atoms with Gasteiger partial charge in [0.15, 0.2) is 0 Å². The minimum atomic E-state index is -0.219. The average molecular weight is 192 g/mol. The van der Waals surface area contributed by atoms with Crippen LogP contribution in [0.1, 0.15) is 38.5 Å². The van der Waals surface area contributed by atoms with Gasteiger partial charge in [0.1, 0.15) is 5.78 Å². The molecular weight excluding hydrogens is 176 g/mol. The third-order valence-electron chi connectivity index (χ3n) is 4.41. The molecule has 3 rings (SSSR count). The summed E-state index contributed by atoms with van der Waals surface area (Å²) in [6, 6.07) is 0. The number of fused-ring (bicyclic) bond motifs is 1. The summed E-state index contributed by atoms with van der Waals surface area (Å²) < 4.78 is 0. The third-order valence-corrected chi connectivity index (χ3v) is 4.41. The van der Waals surface area contributed by atoms with E-state index < -0.39 is 0 Å². The van der Waals surface area contributed by atoms with Crippen LogP contribution in [0.3, 0.4) is 0 Å². The van der Waals surface area contributed by atoms with Gasteiger partial charge >= 0.3 is 0 Å². The van der Waals surface area contributed by atoms with Gasteiger partial charge < -0.3 is 5.11 Å². The fraction of sp³-hybridized carbons (Fsp3) is 0.750. The molecule has 0 radical (unpaired) electrons. The summed E-state index contributed by atoms with van der Waals surface area (Å²) in [6.07, 6.45) is 7.44. The van der Waals surface area contributed by atoms with Crippen LogP contribution >= 0.6 is 0 Å². The van der Waals surface area contributed by atoms with Crippen molar-refractivity contribution >= 4 is 5.78 Å². The van der Waals surface area contributed by atoms with Crippen LogP contribution < -0.4 is 0 Å². The lowest BCUT2D eigenvalue weighted by Gasteiger charge is -2.37. The quantitative estimate of drug-likeness (QED) is 0.594. The van der Waals surface area contributed by atoms with Gasteiger partial charge in [-0.1, -0.05) is 11.6 Å². The number of hydrogen-bond donors (Lipinski definition) is 1. The van der Waals surface area contributed by atoms with E-state index in [0.29, 0.717) is 24.5 Å². The molecule has 0 amide bonds. The van der Waals surface area contributed by atoms with Crippen LogP contribution in [-0.2, 0) is 4.79 Å². The second kappa shape index (κ2) is 2.69. The molecule has 2 saturated carbocycles. The highest BCUT2D eigenvalue weighted by molar-refractivity contribution is 5.90. The number of allylic oxidation sites excluding steroid dienone is 2. The minimum absolute atomic E-state index is 0.208. The molecule has 3 aliphatic carbocycles. The summed E-state index contributed by atoms with van der Waals surface area (Å²) in [5, 5.41) is 9.87. The van der Waals surface area contributed by atoms with Crippen LogP contribution in [-0.4, -0.2) is 17.0 Å². The highest BCUT2D eigenvalue weighted by Gasteiger charge is 2.54. The molecule has 2 heteroatoms. The maximum Gasteiger partial charge on any atom is 0.143 e. The summed E-state index contributed by atoms with van der Waals surface area (Å²) in [5.74, 6) is 0.797. The Morgan fingerprint density at radius 2 is 2.21 bits per heavy atom. The normalized spacial score (nSPS) is 46.1. The zero-order chi connectivity index (χ0) is 9.76. The second-order valence-electron chi connectivity index (χ2n) is 5.05. The smallest absolute Gasteiger partial charge is 0.143 e. The predicted octanol–water partition coefficient (Wildman–Crippen LogP) is 1.83. The van der Waals surface area contributed by atoms with E-state index in [-0.39, 0.29) is 11.5 Å². The summed E-state index contributed by atoms with van der Waals surface area (Å²) >= 11 is 0. The van der Waals surface area contributed by atoms with Gasteiger partial charge in [-0.15, -0.1) is 0 Å². The molecule has 3 aliphatic rings. The van der Waals surface area contributed by atoms with Crippen LogP contribution in [0, 0.1) is 11.3 Å². The first kappa shape index (κ1) is 8.66. The van der Waals surface area contributed by atoms with Gasteiger partial charge in [-0.05, 0) is 38.0 Å². The Hall–Kier alpha value is -0.630. The molecule has 2 nitrogen and oxygen atoms in total. The number of aliphatic hydroxyl groups excluding tert-OH is 1. The molecule has 1 N–H and O–H groups in total. The van der Waals surface area contributed by atoms with Crippen LogP contribution in [0.2, 0.25) is 0 Å². The van der Waals surface area contributed by atoms with E-state index >= 15 is 0 Å². The fourth-order valence-electron chi connectivity index (χ4n) is 3.65. The molecular formula is C12H16O2. The Labute approximate surface area is 84.0 Å². The molecule has 0 heterocycles. The van der Waals surface area contributed by atoms with E-state index in [9.17, 15) is 9.90 Å². The Morgan fingerprint density at radius 3 is 3.07 bits per heavy atom. The van der Waals surface area contributed by atoms with Gasteiger partial charge in [-0.25, -0.2) is 0 Å². The van der Waals surface area contributed by atoms with Crippen LogP contribution in [0.5, 0.6) is 0 Å². The first-order chi connectivity index (χ1) is 6.72. The van der Waals surface area contributed by atoms with Gasteiger partial charge in [0, 0.05) is 6.42 Å². The number of aliphatic hydroxyl groups is 1. The van der Waals surface area contributed by atoms with Gasteiger partial charge in [0.25, 0.3) is 0 Å². The van der Waals surface area contributed by atoms with E-state index in [4.69, 9.17) is 0 Å². The number of Topliss-reactive ketones (excluding diaryl/α,β-unsaturated/α-hetero) is 1. The first-order valence-corrected chi connectivity index (χ1v) is 5.63. The number of rotatable bonds is 0. The molecule has 76 valence electrons. The molecule has 3 atom stereocenters. The molecule has 2 fully saturated rings. The number of carbonyl (C=O) groups is 1. The standard InChI is InChI=1S/C12H16O2/c13-10-7-12-6-8(10)4-5-9(12)2-1-3-11(12)14/h2,8,10,13H,1,3-7H2/t8?,10-,12?/m0/s1. The van der Waals surface area contributed by atoms with Crippen LogP contribution in [0.25, 0.3) is 0 Å². The number of ketones is 1. The largest absolute Gasteiger partial charge is 0.393 e. The topological polar surface area (TPSA) is 37.3 Å². The lowest BCUT2D eigenvalue weighted by atomic mass is 9.65. The highest BCUT2D eigenvalue weighted by atomic mass is 16.3. The van der Waals surface area contributed by atoms with Gasteiger partial charge in [-0.3, -0.25) is 4.79 Å². The fourth-order valence-corrected chi connectivity index (χ4v) is 3.65. The summed E-state index contributed by atoms with van der Waals surface area (Å²) in [4.78, 5) is 12.0. The van der Waals surface area contributed by atoms with Crippen LogP contribution in [0.4, 0.5) is 0 Å². The average Bonchev–Trinajstić information content (AvgIpc) is 2.43. The maximum absolute atomic E-state index is 12.0. The minimum Gasteiger partial charge on any atom is -0.393 e. The molecule has 0 aliphatic heterocycles. The highest BCUT2D eigenvalue weighted by Crippen LogP contribution is 2.56. The zero-order valence-electron chi connectivity index (χ0n) is 8.33. The van der Waals surface area contributed by atoms with Crippen molar-refractivity contribution < 1.29 is 9.90 Å². The third kappa shape index (κ3) is 0.924. The predicted molar refractivity (Wildman–Crippen MR) is 52.7 cm³/mol. The molecule has 1 spiro atoms. The SMILES string of the molecule is O=C1CCC=C2CCC3CC12C[C@@H]3O. The van der Waals surface area contributed by atoms with Crippen molar-refractivity contribution in [2.75, 3.05) is 0 Å². The molecule has 2 unspecified atom stereocenters. The molecule has 0 aromatic carbocycles. The molecule has 2 bridgehead atoms. The van der Waals surface area contributed by atoms with E-state index in [2.05, 4.69) is 6.08 Å². The Balaban J connectivity index is 2.06. The Morgan fingerprint density at radius 1 is 1.36 bits per heavy atom. The molecule has 0 aromatic heterocycles. The van der Waals surface area contributed by atoms with Crippen molar-refractivity contribution in [2.45, 2.75) is 44.6 Å². The van der Waals surface area contributed by atoms with Crippen molar-refractivity contribution in [1.29, 1.82) is 0 Å². The number of carbonyl (C=O) groups excluding carboxylic acids is 1. The van der Waals surface area contributed by atoms with Crippen molar-refractivity contribution in [3.8, 4) is 0 Å². The summed E-state index contributed by atoms with van der Waals surface area (Å²) in [7, 11) is 0. The summed E-state index contributed by atoms with van der Waals surface area (Å²) in [6.45, 7) is 0. The van der Waals surface area contributed by atoms with Crippen molar-refractivity contribution in [1.82, 2.24) is 0 Å². The lowest BCUT2D eigenvalue weighted by molar-refractivity contribution is -0.127. The molecule has 0 saturated heterocycles. The summed E-state index contributed by atoms with van der Waals surface area (Å²) in [5.41, 5.74) is 1.14. The van der Waals surface area contributed by atoms with E-state index in [1.165, 1.54) is 5.57 Å². The van der Waals surface area contributed by atoms with Crippen molar-refractivity contribution in [3.05, 3.63) is 11.6 Å². The molecule has 0 aromatic rings. The van der Waals surface area contributed by atoms with Crippen molar-refractivity contribution in [3.63, 3.8) is 0 Å². The van der Waals surface area contributed by atoms with Crippen molar-refractivity contribution in [2.24, 2.45) is 11.3 Å². The van der Waals surface area contributed by atoms with Gasteiger partial charge in [0.2, 0.25) is 0 Å². The first-order valence-electron chi connectivity index (χ1n) is 5.63. The number of hydrogen-bond acceptors (Lipinski definition) is 2. The van der Waals surface area contributed by atoms with Gasteiger partial charge in [-0.2, -0.15) is 0 Å². The van der Waals surface area contributed by atoms with Crippen LogP contribution in [0.15, 0.2) is 11.6 Å². The maximum atomic E-state index is 12.0. The lowest BCUT2D eigenvalue weighted by Crippen LogP contribution is -2.35. The Kier molecular flexibility index (Phi) is 1.67. The Bertz CT molecular complexity index is 314. The second-order valence-corrected chi connectivity index (χ2v) is 5.05.